The van der Waals surface area contributed by atoms with Crippen LogP contribution in [0.2, 0.25) is 0 Å². The number of halogens is 2. The predicted molar refractivity (Wildman–Crippen MR) is 79.2 cm³/mol. The van der Waals surface area contributed by atoms with Crippen molar-refractivity contribution in [1.82, 2.24) is 14.8 Å². The zero-order chi connectivity index (χ0) is 16.1. The first-order valence-electron chi connectivity index (χ1n) is 6.31. The molecule has 0 aliphatic carbocycles. The molecule has 2 rings (SSSR count). The molecule has 1 aromatic heterocycles. The molecule has 7 nitrogen and oxygen atoms in total. The molecule has 0 spiro atoms. The SMILES string of the molecule is CC(C(=O)Nc1ccc(NC(=O)C(F)Cl)cc1)n1cncn1. The molecule has 1 aromatic carbocycles. The molecule has 0 aliphatic heterocycles. The lowest BCUT2D eigenvalue weighted by molar-refractivity contribution is -0.119. The van der Waals surface area contributed by atoms with Gasteiger partial charge in [0, 0.05) is 11.4 Å². The largest absolute Gasteiger partial charge is 0.324 e. The molecule has 2 unspecified atom stereocenters. The lowest BCUT2D eigenvalue weighted by Gasteiger charge is -2.12. The van der Waals surface area contributed by atoms with Crippen molar-refractivity contribution in [2.75, 3.05) is 10.6 Å². The molecule has 0 saturated carbocycles. The Labute approximate surface area is 130 Å². The average molecular weight is 326 g/mol. The third-order valence-corrected chi connectivity index (χ3v) is 3.03. The Morgan fingerprint density at radius 2 is 1.73 bits per heavy atom. The number of amides is 2. The minimum absolute atomic E-state index is 0.271. The van der Waals surface area contributed by atoms with Crippen molar-refractivity contribution in [3.8, 4) is 0 Å². The normalized spacial score (nSPS) is 13.2. The van der Waals surface area contributed by atoms with Crippen LogP contribution in [0.5, 0.6) is 0 Å². The minimum atomic E-state index is -2.11. The second-order valence-corrected chi connectivity index (χ2v) is 4.79. The van der Waals surface area contributed by atoms with Crippen LogP contribution in [0.4, 0.5) is 15.8 Å². The van der Waals surface area contributed by atoms with Gasteiger partial charge in [-0.1, -0.05) is 11.6 Å². The summed E-state index contributed by atoms with van der Waals surface area (Å²) in [6.45, 7) is 1.68. The summed E-state index contributed by atoms with van der Waals surface area (Å²) >= 11 is 5.01. The number of anilines is 2. The van der Waals surface area contributed by atoms with Crippen molar-refractivity contribution in [3.05, 3.63) is 36.9 Å². The highest BCUT2D eigenvalue weighted by Gasteiger charge is 2.16. The van der Waals surface area contributed by atoms with Crippen molar-refractivity contribution in [1.29, 1.82) is 0 Å². The number of nitrogens with one attached hydrogen (secondary N) is 2. The molecule has 0 saturated heterocycles. The summed E-state index contributed by atoms with van der Waals surface area (Å²) in [7, 11) is 0. The summed E-state index contributed by atoms with van der Waals surface area (Å²) in [6.07, 6.45) is 2.79. The van der Waals surface area contributed by atoms with E-state index in [1.54, 1.807) is 19.1 Å². The molecule has 0 fully saturated rings. The summed E-state index contributed by atoms with van der Waals surface area (Å²) in [5.74, 6) is -1.22. The Kier molecular flexibility index (Phi) is 5.05. The smallest absolute Gasteiger partial charge is 0.274 e. The van der Waals surface area contributed by atoms with Crippen LogP contribution in [0.3, 0.4) is 0 Å². The third kappa shape index (κ3) is 4.01. The number of benzene rings is 1. The molecule has 2 aromatic rings. The molecule has 2 N–H and O–H groups in total. The van der Waals surface area contributed by atoms with Gasteiger partial charge in [-0.15, -0.1) is 0 Å². The fraction of sp³-hybridized carbons (Fsp3) is 0.231. The standard InChI is InChI=1S/C13H13ClFN5O2/c1-8(20-7-16-6-17-20)12(21)18-9-2-4-10(5-3-9)19-13(22)11(14)15/h2-8,11H,1H3,(H,18,21)(H,19,22). The number of carbonyl (C=O) groups is 2. The van der Waals surface area contributed by atoms with Crippen molar-refractivity contribution < 1.29 is 14.0 Å². The van der Waals surface area contributed by atoms with Crippen molar-refractivity contribution >= 4 is 34.8 Å². The highest BCUT2D eigenvalue weighted by atomic mass is 35.5. The average Bonchev–Trinajstić information content (AvgIpc) is 3.02. The van der Waals surface area contributed by atoms with Crippen molar-refractivity contribution in [2.24, 2.45) is 0 Å². The number of alkyl halides is 2. The van der Waals surface area contributed by atoms with Crippen LogP contribution in [-0.4, -0.2) is 32.2 Å². The minimum Gasteiger partial charge on any atom is -0.324 e. The van der Waals surface area contributed by atoms with Crippen LogP contribution in [0.1, 0.15) is 13.0 Å². The monoisotopic (exact) mass is 325 g/mol. The molecular weight excluding hydrogens is 313 g/mol. The Morgan fingerprint density at radius 1 is 1.18 bits per heavy atom. The van der Waals surface area contributed by atoms with Gasteiger partial charge in [0.25, 0.3) is 11.5 Å². The Bertz CT molecular complexity index is 645. The number of nitrogens with zero attached hydrogens (tertiary/aromatic N) is 3. The highest BCUT2D eigenvalue weighted by molar-refractivity contribution is 6.31. The molecule has 22 heavy (non-hydrogen) atoms. The number of hydrogen-bond donors (Lipinski definition) is 2. The van der Waals surface area contributed by atoms with Crippen LogP contribution in [0, 0.1) is 0 Å². The van der Waals surface area contributed by atoms with E-state index in [9.17, 15) is 14.0 Å². The lowest BCUT2D eigenvalue weighted by Crippen LogP contribution is -2.24. The Morgan fingerprint density at radius 3 is 2.18 bits per heavy atom. The van der Waals surface area contributed by atoms with Crippen molar-refractivity contribution in [2.45, 2.75) is 18.6 Å². The topological polar surface area (TPSA) is 88.9 Å². The van der Waals surface area contributed by atoms with E-state index in [4.69, 9.17) is 11.6 Å². The molecule has 0 bridgehead atoms. The van der Waals surface area contributed by atoms with E-state index in [1.165, 1.54) is 29.5 Å². The van der Waals surface area contributed by atoms with Crippen LogP contribution in [0.15, 0.2) is 36.9 Å². The van der Waals surface area contributed by atoms with E-state index < -0.39 is 17.6 Å². The van der Waals surface area contributed by atoms with Gasteiger partial charge in [0.2, 0.25) is 5.91 Å². The van der Waals surface area contributed by atoms with E-state index >= 15 is 0 Å². The maximum absolute atomic E-state index is 12.5. The summed E-state index contributed by atoms with van der Waals surface area (Å²) in [5.41, 5.74) is -1.21. The van der Waals surface area contributed by atoms with Gasteiger partial charge in [-0.2, -0.15) is 5.10 Å². The Hall–Kier alpha value is -2.48. The molecule has 0 radical (unpaired) electrons. The molecule has 2 atom stereocenters. The van der Waals surface area contributed by atoms with Crippen molar-refractivity contribution in [3.63, 3.8) is 0 Å². The van der Waals surface area contributed by atoms with E-state index in [1.807, 2.05) is 0 Å². The second kappa shape index (κ2) is 6.99. The molecule has 116 valence electrons. The predicted octanol–water partition coefficient (Wildman–Crippen LogP) is 1.95. The van der Waals surface area contributed by atoms with Gasteiger partial charge in [-0.3, -0.25) is 9.59 Å². The lowest BCUT2D eigenvalue weighted by atomic mass is 10.2. The first kappa shape index (κ1) is 15.9. The fourth-order valence-corrected chi connectivity index (χ4v) is 1.67. The second-order valence-electron chi connectivity index (χ2n) is 4.41. The van der Waals surface area contributed by atoms with Gasteiger partial charge in [0.15, 0.2) is 0 Å². The van der Waals surface area contributed by atoms with Gasteiger partial charge in [-0.05, 0) is 31.2 Å². The zero-order valence-corrected chi connectivity index (χ0v) is 12.3. The van der Waals surface area contributed by atoms with Gasteiger partial charge < -0.3 is 10.6 Å². The number of aromatic nitrogens is 3. The van der Waals surface area contributed by atoms with Gasteiger partial charge >= 0.3 is 0 Å². The summed E-state index contributed by atoms with van der Waals surface area (Å²) in [4.78, 5) is 26.9. The van der Waals surface area contributed by atoms with Gasteiger partial charge in [0.05, 0.1) is 0 Å². The van der Waals surface area contributed by atoms with E-state index in [-0.39, 0.29) is 5.91 Å². The number of rotatable bonds is 5. The first-order chi connectivity index (χ1) is 10.5. The molecule has 9 heteroatoms. The third-order valence-electron chi connectivity index (χ3n) is 2.83. The number of hydrogen-bond acceptors (Lipinski definition) is 4. The van der Waals surface area contributed by atoms with E-state index in [2.05, 4.69) is 20.7 Å². The molecule has 2 amide bonds. The van der Waals surface area contributed by atoms with Crippen LogP contribution >= 0.6 is 11.6 Å². The Balaban J connectivity index is 1.96. The van der Waals surface area contributed by atoms with Crippen LogP contribution in [-0.2, 0) is 9.59 Å². The molecule has 1 heterocycles. The summed E-state index contributed by atoms with van der Waals surface area (Å²) < 4.78 is 14.0. The van der Waals surface area contributed by atoms with E-state index in [0.29, 0.717) is 11.4 Å². The summed E-state index contributed by atoms with van der Waals surface area (Å²) in [6, 6.07) is 5.66. The zero-order valence-electron chi connectivity index (χ0n) is 11.5. The highest BCUT2D eigenvalue weighted by Crippen LogP contribution is 2.16. The molecule has 0 aliphatic rings. The molecular formula is C13H13ClFN5O2. The van der Waals surface area contributed by atoms with Gasteiger partial charge in [-0.25, -0.2) is 14.1 Å². The van der Waals surface area contributed by atoms with Gasteiger partial charge in [0.1, 0.15) is 18.7 Å². The van der Waals surface area contributed by atoms with E-state index in [0.717, 1.165) is 0 Å². The van der Waals surface area contributed by atoms with Crippen LogP contribution in [0.25, 0.3) is 0 Å². The number of carbonyl (C=O) groups excluding carboxylic acids is 2. The maximum Gasteiger partial charge on any atom is 0.274 e. The summed E-state index contributed by atoms with van der Waals surface area (Å²) in [5, 5.41) is 8.87. The fourth-order valence-electron chi connectivity index (χ4n) is 1.62. The quantitative estimate of drug-likeness (QED) is 0.822. The first-order valence-corrected chi connectivity index (χ1v) is 6.75. The maximum atomic E-state index is 12.5. The van der Waals surface area contributed by atoms with Crippen LogP contribution < -0.4 is 10.6 Å².